The molecule has 1 saturated carbocycles. The van der Waals surface area contributed by atoms with Gasteiger partial charge in [-0.2, -0.15) is 0 Å². The van der Waals surface area contributed by atoms with Gasteiger partial charge in [-0.25, -0.2) is 0 Å². The van der Waals surface area contributed by atoms with Crippen molar-refractivity contribution in [3.05, 3.63) is 12.2 Å². The van der Waals surface area contributed by atoms with E-state index in [1.54, 1.807) is 0 Å². The molecule has 0 bridgehead atoms. The van der Waals surface area contributed by atoms with Crippen LogP contribution in [0.25, 0.3) is 0 Å². The van der Waals surface area contributed by atoms with Crippen LogP contribution in [0.3, 0.4) is 0 Å². The van der Waals surface area contributed by atoms with Gasteiger partial charge in [0.05, 0.1) is 0 Å². The van der Waals surface area contributed by atoms with Gasteiger partial charge in [0, 0.05) is 11.8 Å². The third-order valence-electron chi connectivity index (χ3n) is 2.48. The molecule has 0 heterocycles. The van der Waals surface area contributed by atoms with Crippen LogP contribution in [0, 0.1) is 11.3 Å². The minimum Gasteiger partial charge on any atom is -0.299 e. The quantitative estimate of drug-likeness (QED) is 0.507. The van der Waals surface area contributed by atoms with Crippen LogP contribution >= 0.6 is 0 Å². The van der Waals surface area contributed by atoms with E-state index >= 15 is 0 Å². The molecule has 0 aromatic rings. The summed E-state index contributed by atoms with van der Waals surface area (Å²) in [6.07, 6.45) is 4.90. The van der Waals surface area contributed by atoms with Crippen molar-refractivity contribution in [3.63, 3.8) is 0 Å². The molecule has 56 valence electrons. The molecule has 0 saturated heterocycles. The van der Waals surface area contributed by atoms with Gasteiger partial charge < -0.3 is 0 Å². The first kappa shape index (κ1) is 7.52. The second-order valence-corrected chi connectivity index (χ2v) is 3.48. The standard InChI is InChI=1S/C9H14O/c1-4-5-7-6-8(10)9(7,2)3/h4-5,7H,6H2,1-3H3/b5-4+. The molecule has 1 fully saturated rings. The first-order chi connectivity index (χ1) is 4.59. The third kappa shape index (κ3) is 0.898. The Labute approximate surface area is 62.1 Å². The van der Waals surface area contributed by atoms with E-state index in [1.165, 1.54) is 0 Å². The summed E-state index contributed by atoms with van der Waals surface area (Å²) < 4.78 is 0. The maximum Gasteiger partial charge on any atom is 0.139 e. The summed E-state index contributed by atoms with van der Waals surface area (Å²) in [5.41, 5.74) is -0.0769. The molecule has 1 atom stereocenters. The largest absolute Gasteiger partial charge is 0.299 e. The molecule has 1 heteroatoms. The monoisotopic (exact) mass is 138 g/mol. The zero-order chi connectivity index (χ0) is 7.78. The van der Waals surface area contributed by atoms with Crippen LogP contribution in [-0.2, 0) is 4.79 Å². The Hall–Kier alpha value is -0.590. The highest BCUT2D eigenvalue weighted by molar-refractivity contribution is 5.91. The summed E-state index contributed by atoms with van der Waals surface area (Å²) in [7, 11) is 0. The molecule has 1 rings (SSSR count). The third-order valence-corrected chi connectivity index (χ3v) is 2.48. The zero-order valence-corrected chi connectivity index (χ0v) is 6.85. The van der Waals surface area contributed by atoms with Gasteiger partial charge in [-0.3, -0.25) is 4.79 Å². The number of hydrogen-bond donors (Lipinski definition) is 0. The molecule has 0 amide bonds. The fourth-order valence-electron chi connectivity index (χ4n) is 1.33. The van der Waals surface area contributed by atoms with Crippen molar-refractivity contribution in [1.82, 2.24) is 0 Å². The molecule has 0 radical (unpaired) electrons. The zero-order valence-electron chi connectivity index (χ0n) is 6.85. The lowest BCUT2D eigenvalue weighted by atomic mass is 9.61. The van der Waals surface area contributed by atoms with Gasteiger partial charge >= 0.3 is 0 Å². The molecule has 0 spiro atoms. The Morgan fingerprint density at radius 3 is 2.50 bits per heavy atom. The molecule has 1 nitrogen and oxygen atoms in total. The van der Waals surface area contributed by atoms with E-state index in [4.69, 9.17) is 0 Å². The van der Waals surface area contributed by atoms with Crippen LogP contribution in [-0.4, -0.2) is 5.78 Å². The Morgan fingerprint density at radius 1 is 1.60 bits per heavy atom. The second-order valence-electron chi connectivity index (χ2n) is 3.48. The van der Waals surface area contributed by atoms with Gasteiger partial charge in [0.25, 0.3) is 0 Å². The lowest BCUT2D eigenvalue weighted by molar-refractivity contribution is -0.139. The average molecular weight is 138 g/mol. The van der Waals surface area contributed by atoms with Crippen LogP contribution in [0.4, 0.5) is 0 Å². The number of rotatable bonds is 1. The van der Waals surface area contributed by atoms with Crippen LogP contribution in [0.5, 0.6) is 0 Å². The van der Waals surface area contributed by atoms with Crippen LogP contribution < -0.4 is 0 Å². The van der Waals surface area contributed by atoms with Crippen molar-refractivity contribution in [2.75, 3.05) is 0 Å². The Kier molecular flexibility index (Phi) is 1.67. The van der Waals surface area contributed by atoms with E-state index in [-0.39, 0.29) is 5.41 Å². The maximum atomic E-state index is 11.0. The summed E-state index contributed by atoms with van der Waals surface area (Å²) in [6, 6.07) is 0. The molecule has 1 aliphatic carbocycles. The van der Waals surface area contributed by atoms with Crippen molar-refractivity contribution in [3.8, 4) is 0 Å². The lowest BCUT2D eigenvalue weighted by Crippen LogP contribution is -2.44. The molecular weight excluding hydrogens is 124 g/mol. The number of allylic oxidation sites excluding steroid dienone is 2. The minimum atomic E-state index is -0.0769. The summed E-state index contributed by atoms with van der Waals surface area (Å²) in [5, 5.41) is 0. The highest BCUT2D eigenvalue weighted by Crippen LogP contribution is 2.43. The van der Waals surface area contributed by atoms with Crippen LogP contribution in [0.15, 0.2) is 12.2 Å². The van der Waals surface area contributed by atoms with Gasteiger partial charge in [-0.1, -0.05) is 26.0 Å². The number of Topliss-reactive ketones (excluding diaryl/α,β-unsaturated/α-hetero) is 1. The first-order valence-electron chi connectivity index (χ1n) is 3.75. The smallest absolute Gasteiger partial charge is 0.139 e. The molecule has 1 unspecified atom stereocenters. The van der Waals surface area contributed by atoms with E-state index in [2.05, 4.69) is 6.08 Å². The minimum absolute atomic E-state index is 0.0769. The van der Waals surface area contributed by atoms with E-state index in [0.29, 0.717) is 11.7 Å². The number of carbonyl (C=O) groups is 1. The summed E-state index contributed by atoms with van der Waals surface area (Å²) in [5.74, 6) is 0.889. The van der Waals surface area contributed by atoms with Gasteiger partial charge in [-0.15, -0.1) is 0 Å². The second kappa shape index (κ2) is 2.22. The SMILES string of the molecule is C/C=C/C1CC(=O)C1(C)C. The van der Waals surface area contributed by atoms with Crippen molar-refractivity contribution in [2.45, 2.75) is 27.2 Å². The van der Waals surface area contributed by atoms with Gasteiger partial charge in [0.1, 0.15) is 5.78 Å². The van der Waals surface area contributed by atoms with E-state index < -0.39 is 0 Å². The topological polar surface area (TPSA) is 17.1 Å². The number of ketones is 1. The molecule has 0 N–H and O–H groups in total. The van der Waals surface area contributed by atoms with Gasteiger partial charge in [-0.05, 0) is 12.8 Å². The fraction of sp³-hybridized carbons (Fsp3) is 0.667. The molecule has 0 aromatic carbocycles. The Bertz CT molecular complexity index is 177. The van der Waals surface area contributed by atoms with Crippen LogP contribution in [0.1, 0.15) is 27.2 Å². The van der Waals surface area contributed by atoms with Crippen molar-refractivity contribution in [2.24, 2.45) is 11.3 Å². The fourth-order valence-corrected chi connectivity index (χ4v) is 1.33. The summed E-state index contributed by atoms with van der Waals surface area (Å²) in [4.78, 5) is 11.0. The van der Waals surface area contributed by atoms with Gasteiger partial charge in [0.15, 0.2) is 0 Å². The van der Waals surface area contributed by atoms with E-state index in [0.717, 1.165) is 6.42 Å². The predicted molar refractivity (Wildman–Crippen MR) is 41.7 cm³/mol. The molecule has 10 heavy (non-hydrogen) atoms. The number of carbonyl (C=O) groups excluding carboxylic acids is 1. The van der Waals surface area contributed by atoms with E-state index in [9.17, 15) is 4.79 Å². The average Bonchev–Trinajstić information content (AvgIpc) is 1.88. The van der Waals surface area contributed by atoms with Gasteiger partial charge in [0.2, 0.25) is 0 Å². The highest BCUT2D eigenvalue weighted by atomic mass is 16.1. The molecule has 0 aliphatic heterocycles. The van der Waals surface area contributed by atoms with Crippen molar-refractivity contribution >= 4 is 5.78 Å². The van der Waals surface area contributed by atoms with Crippen LogP contribution in [0.2, 0.25) is 0 Å². The Morgan fingerprint density at radius 2 is 2.20 bits per heavy atom. The lowest BCUT2D eigenvalue weighted by Gasteiger charge is -2.40. The first-order valence-corrected chi connectivity index (χ1v) is 3.75. The molecule has 0 aromatic heterocycles. The summed E-state index contributed by atoms with van der Waals surface area (Å²) >= 11 is 0. The van der Waals surface area contributed by atoms with Crippen molar-refractivity contribution < 1.29 is 4.79 Å². The predicted octanol–water partition coefficient (Wildman–Crippen LogP) is 2.18. The molecule has 1 aliphatic rings. The van der Waals surface area contributed by atoms with Crippen molar-refractivity contribution in [1.29, 1.82) is 0 Å². The van der Waals surface area contributed by atoms with E-state index in [1.807, 2.05) is 26.8 Å². The molecular formula is C9H14O. The highest BCUT2D eigenvalue weighted by Gasteiger charge is 2.45. The number of hydrogen-bond acceptors (Lipinski definition) is 1. The summed E-state index contributed by atoms with van der Waals surface area (Å²) in [6.45, 7) is 6.03. The normalized spacial score (nSPS) is 30.7. The maximum absolute atomic E-state index is 11.0. The Balaban J connectivity index is 2.63.